The van der Waals surface area contributed by atoms with Crippen LogP contribution < -0.4 is 4.74 Å². The highest BCUT2D eigenvalue weighted by Gasteiger charge is 2.14. The average Bonchev–Trinajstić information content (AvgIpc) is 2.72. The molecule has 148 valence electrons. The predicted molar refractivity (Wildman–Crippen MR) is 118 cm³/mol. The van der Waals surface area contributed by atoms with Crippen LogP contribution >= 0.6 is 11.6 Å². The molecule has 0 heterocycles. The lowest BCUT2D eigenvalue weighted by Gasteiger charge is -2.06. The summed E-state index contributed by atoms with van der Waals surface area (Å²) in [6.45, 7) is 1.90. The lowest BCUT2D eigenvalue weighted by Crippen LogP contribution is -2.04. The molecule has 0 aliphatic carbocycles. The minimum Gasteiger partial charge on any atom is -0.497 e. The Labute approximate surface area is 176 Å². The van der Waals surface area contributed by atoms with E-state index in [0.29, 0.717) is 22.0 Å². The lowest BCUT2D eigenvalue weighted by molar-refractivity contribution is 0.415. The number of ether oxygens (including phenoxy) is 1. The molecule has 0 saturated carbocycles. The van der Waals surface area contributed by atoms with Crippen LogP contribution in [0.25, 0.3) is 6.08 Å². The SMILES string of the molecule is COc1ccc(C(/C=C/c2ccc(Cl)cc2)=N/S(=O)(=O)c2ccc(C)cc2)cc1. The summed E-state index contributed by atoms with van der Waals surface area (Å²) in [6.07, 6.45) is 3.47. The maximum atomic E-state index is 12.8. The van der Waals surface area contributed by atoms with E-state index in [1.54, 1.807) is 79.9 Å². The molecule has 3 rings (SSSR count). The van der Waals surface area contributed by atoms with Crippen LogP contribution in [0.2, 0.25) is 5.02 Å². The van der Waals surface area contributed by atoms with E-state index >= 15 is 0 Å². The molecule has 29 heavy (non-hydrogen) atoms. The van der Waals surface area contributed by atoms with Crippen molar-refractivity contribution in [3.63, 3.8) is 0 Å². The number of rotatable bonds is 6. The van der Waals surface area contributed by atoms with Crippen LogP contribution in [-0.4, -0.2) is 21.2 Å². The van der Waals surface area contributed by atoms with Gasteiger partial charge in [-0.25, -0.2) is 0 Å². The number of nitrogens with zero attached hydrogens (tertiary/aromatic N) is 1. The largest absolute Gasteiger partial charge is 0.497 e. The molecule has 0 fully saturated rings. The Morgan fingerprint density at radius 1 is 0.931 bits per heavy atom. The Balaban J connectivity index is 2.04. The summed E-state index contributed by atoms with van der Waals surface area (Å²) in [5.74, 6) is 0.677. The Morgan fingerprint density at radius 2 is 1.55 bits per heavy atom. The first-order valence-electron chi connectivity index (χ1n) is 8.87. The number of halogens is 1. The van der Waals surface area contributed by atoms with Gasteiger partial charge in [-0.15, -0.1) is 0 Å². The molecule has 0 saturated heterocycles. The van der Waals surface area contributed by atoms with Gasteiger partial charge in [-0.2, -0.15) is 12.8 Å². The minimum atomic E-state index is -3.87. The first-order valence-corrected chi connectivity index (χ1v) is 10.7. The van der Waals surface area contributed by atoms with Crippen molar-refractivity contribution in [2.24, 2.45) is 4.40 Å². The molecule has 3 aromatic rings. The fourth-order valence-corrected chi connectivity index (χ4v) is 3.72. The molecular weight excluding hydrogens is 406 g/mol. The Bertz CT molecular complexity index is 1130. The fourth-order valence-electron chi connectivity index (χ4n) is 2.58. The molecule has 0 spiro atoms. The van der Waals surface area contributed by atoms with Crippen LogP contribution in [0.3, 0.4) is 0 Å². The normalized spacial score (nSPS) is 12.3. The molecule has 0 aliphatic rings. The average molecular weight is 426 g/mol. The van der Waals surface area contributed by atoms with Gasteiger partial charge >= 0.3 is 0 Å². The van der Waals surface area contributed by atoms with Crippen LogP contribution in [0.15, 0.2) is 88.2 Å². The number of benzene rings is 3. The Morgan fingerprint density at radius 3 is 2.14 bits per heavy atom. The second kappa shape index (κ2) is 9.07. The van der Waals surface area contributed by atoms with Crippen molar-refractivity contribution in [2.75, 3.05) is 7.11 Å². The van der Waals surface area contributed by atoms with Gasteiger partial charge in [0.1, 0.15) is 5.75 Å². The van der Waals surface area contributed by atoms with E-state index in [2.05, 4.69) is 4.40 Å². The monoisotopic (exact) mass is 425 g/mol. The zero-order valence-electron chi connectivity index (χ0n) is 16.0. The second-order valence-electron chi connectivity index (χ2n) is 6.38. The van der Waals surface area contributed by atoms with E-state index in [1.165, 1.54) is 0 Å². The quantitative estimate of drug-likeness (QED) is 0.486. The Hall–Kier alpha value is -2.89. The van der Waals surface area contributed by atoms with Gasteiger partial charge < -0.3 is 4.74 Å². The van der Waals surface area contributed by atoms with E-state index in [1.807, 2.05) is 19.1 Å². The van der Waals surface area contributed by atoms with Crippen LogP contribution in [0, 0.1) is 6.92 Å². The van der Waals surface area contributed by atoms with Gasteiger partial charge in [-0.05, 0) is 67.1 Å². The van der Waals surface area contributed by atoms with Gasteiger partial charge in [-0.3, -0.25) is 0 Å². The highest BCUT2D eigenvalue weighted by molar-refractivity contribution is 7.90. The van der Waals surface area contributed by atoms with Crippen molar-refractivity contribution in [3.05, 3.63) is 101 Å². The van der Waals surface area contributed by atoms with Gasteiger partial charge in [0.2, 0.25) is 0 Å². The van der Waals surface area contributed by atoms with E-state index in [-0.39, 0.29) is 4.90 Å². The van der Waals surface area contributed by atoms with E-state index < -0.39 is 10.0 Å². The molecule has 0 radical (unpaired) electrons. The van der Waals surface area contributed by atoms with Gasteiger partial charge in [-0.1, -0.05) is 47.5 Å². The summed E-state index contributed by atoms with van der Waals surface area (Å²) in [7, 11) is -2.29. The van der Waals surface area contributed by atoms with Crippen molar-refractivity contribution in [3.8, 4) is 5.75 Å². The predicted octanol–water partition coefficient (Wildman–Crippen LogP) is 5.55. The summed E-state index contributed by atoms with van der Waals surface area (Å²) >= 11 is 5.93. The topological polar surface area (TPSA) is 55.7 Å². The number of hydrogen-bond donors (Lipinski definition) is 0. The van der Waals surface area contributed by atoms with Gasteiger partial charge in [0.25, 0.3) is 10.0 Å². The number of hydrogen-bond acceptors (Lipinski definition) is 3. The number of sulfonamides is 1. The van der Waals surface area contributed by atoms with Crippen molar-refractivity contribution in [1.29, 1.82) is 0 Å². The molecule has 0 aliphatic heterocycles. The van der Waals surface area contributed by atoms with Crippen LogP contribution in [0.5, 0.6) is 5.75 Å². The molecule has 0 atom stereocenters. The third kappa shape index (κ3) is 5.56. The smallest absolute Gasteiger partial charge is 0.282 e. The molecule has 4 nitrogen and oxygen atoms in total. The summed E-state index contributed by atoms with van der Waals surface area (Å²) in [5, 5.41) is 0.633. The molecule has 0 bridgehead atoms. The summed E-state index contributed by atoms with van der Waals surface area (Å²) in [5.41, 5.74) is 2.84. The summed E-state index contributed by atoms with van der Waals surface area (Å²) < 4.78 is 35.0. The van der Waals surface area contributed by atoms with Gasteiger partial charge in [0.05, 0.1) is 17.7 Å². The summed E-state index contributed by atoms with van der Waals surface area (Å²) in [4.78, 5) is 0.147. The van der Waals surface area contributed by atoms with Crippen LogP contribution in [0.4, 0.5) is 0 Å². The van der Waals surface area contributed by atoms with E-state index in [4.69, 9.17) is 16.3 Å². The third-order valence-corrected chi connectivity index (χ3v) is 5.78. The molecule has 0 unspecified atom stereocenters. The maximum absolute atomic E-state index is 12.8. The molecule has 6 heteroatoms. The first-order chi connectivity index (χ1) is 13.9. The zero-order valence-corrected chi connectivity index (χ0v) is 17.6. The van der Waals surface area contributed by atoms with Crippen molar-refractivity contribution < 1.29 is 13.2 Å². The Kier molecular flexibility index (Phi) is 6.52. The van der Waals surface area contributed by atoms with Crippen molar-refractivity contribution in [1.82, 2.24) is 0 Å². The molecular formula is C23H20ClNO3S. The van der Waals surface area contributed by atoms with Gasteiger partial charge in [0.15, 0.2) is 0 Å². The lowest BCUT2D eigenvalue weighted by atomic mass is 10.1. The van der Waals surface area contributed by atoms with Crippen LogP contribution in [-0.2, 0) is 10.0 Å². The molecule has 0 aromatic heterocycles. The van der Waals surface area contributed by atoms with Crippen molar-refractivity contribution >= 4 is 33.4 Å². The molecule has 0 N–H and O–H groups in total. The minimum absolute atomic E-state index is 0.147. The fraction of sp³-hybridized carbons (Fsp3) is 0.0870. The van der Waals surface area contributed by atoms with Crippen molar-refractivity contribution in [2.45, 2.75) is 11.8 Å². The highest BCUT2D eigenvalue weighted by atomic mass is 35.5. The highest BCUT2D eigenvalue weighted by Crippen LogP contribution is 2.18. The second-order valence-corrected chi connectivity index (χ2v) is 8.42. The van der Waals surface area contributed by atoms with Gasteiger partial charge in [0, 0.05) is 10.6 Å². The first kappa shape index (κ1) is 20.8. The van der Waals surface area contributed by atoms with E-state index in [9.17, 15) is 8.42 Å². The molecule has 0 amide bonds. The third-order valence-electron chi connectivity index (χ3n) is 4.23. The standard InChI is InChI=1S/C23H20ClNO3S/c1-17-3-14-22(15-4-17)29(26,27)25-23(19-8-12-21(28-2)13-9-19)16-7-18-5-10-20(24)11-6-18/h3-16H,1-2H3/b16-7+,25-23+. The number of allylic oxidation sites excluding steroid dienone is 1. The van der Waals surface area contributed by atoms with Crippen LogP contribution in [0.1, 0.15) is 16.7 Å². The number of methoxy groups -OCH3 is 1. The van der Waals surface area contributed by atoms with E-state index in [0.717, 1.165) is 11.1 Å². The number of aryl methyl sites for hydroxylation is 1. The summed E-state index contributed by atoms with van der Waals surface area (Å²) in [6, 6.07) is 20.9. The zero-order chi connectivity index (χ0) is 20.9. The maximum Gasteiger partial charge on any atom is 0.282 e. The molecule has 3 aromatic carbocycles.